The molecule has 1 aliphatic rings. The Kier molecular flexibility index (Phi) is 6.04. The van der Waals surface area contributed by atoms with Gasteiger partial charge in [-0.05, 0) is 31.0 Å². The molecule has 0 fully saturated rings. The number of nitrogens with zero attached hydrogens (tertiary/aromatic N) is 1. The second-order valence-electron chi connectivity index (χ2n) is 6.16. The Bertz CT molecular complexity index is 850. The van der Waals surface area contributed by atoms with Crippen molar-refractivity contribution in [2.45, 2.75) is 26.2 Å². The summed E-state index contributed by atoms with van der Waals surface area (Å²) in [7, 11) is 0. The number of fused-ring (bicyclic) bond motifs is 1. The molecule has 0 unspecified atom stereocenters. The summed E-state index contributed by atoms with van der Waals surface area (Å²) in [5, 5.41) is 6.76. The fourth-order valence-electron chi connectivity index (χ4n) is 2.57. The van der Waals surface area contributed by atoms with E-state index in [0.717, 1.165) is 5.56 Å². The highest BCUT2D eigenvalue weighted by Gasteiger charge is 2.14. The van der Waals surface area contributed by atoms with E-state index < -0.39 is 0 Å². The van der Waals surface area contributed by atoms with E-state index in [2.05, 4.69) is 15.8 Å². The van der Waals surface area contributed by atoms with Gasteiger partial charge in [0.1, 0.15) is 0 Å². The number of hydrogen-bond donors (Lipinski definition) is 2. The van der Waals surface area contributed by atoms with Crippen molar-refractivity contribution in [2.75, 3.05) is 12.1 Å². The molecule has 2 aromatic carbocycles. The third-order valence-corrected chi connectivity index (χ3v) is 3.93. The Balaban J connectivity index is 1.42. The summed E-state index contributed by atoms with van der Waals surface area (Å²) in [6, 6.07) is 15.0. The summed E-state index contributed by atoms with van der Waals surface area (Å²) >= 11 is 0. The molecule has 2 aromatic rings. The SMILES string of the molecule is C/C(CC(=O)Nc1ccc2c(c1)OCO2)=N\NC(=O)CCc1ccccc1. The van der Waals surface area contributed by atoms with Crippen molar-refractivity contribution in [2.24, 2.45) is 5.10 Å². The number of nitrogens with one attached hydrogen (secondary N) is 2. The molecule has 0 spiro atoms. The predicted molar refractivity (Wildman–Crippen MR) is 102 cm³/mol. The quantitative estimate of drug-likeness (QED) is 0.582. The Labute approximate surface area is 157 Å². The van der Waals surface area contributed by atoms with Gasteiger partial charge in [0, 0.05) is 23.9 Å². The first-order chi connectivity index (χ1) is 13.1. The molecule has 7 heteroatoms. The number of rotatable bonds is 7. The van der Waals surface area contributed by atoms with Gasteiger partial charge in [-0.2, -0.15) is 5.10 Å². The average molecular weight is 367 g/mol. The van der Waals surface area contributed by atoms with Gasteiger partial charge in [-0.1, -0.05) is 30.3 Å². The molecule has 0 saturated carbocycles. The molecule has 1 aliphatic heterocycles. The summed E-state index contributed by atoms with van der Waals surface area (Å²) in [6.07, 6.45) is 1.06. The molecule has 0 radical (unpaired) electrons. The number of benzene rings is 2. The van der Waals surface area contributed by atoms with Crippen molar-refractivity contribution in [3.05, 3.63) is 54.1 Å². The highest BCUT2D eigenvalue weighted by atomic mass is 16.7. The third kappa shape index (κ3) is 5.57. The smallest absolute Gasteiger partial charge is 0.240 e. The van der Waals surface area contributed by atoms with Crippen LogP contribution in [0.15, 0.2) is 53.6 Å². The zero-order valence-corrected chi connectivity index (χ0v) is 15.0. The highest BCUT2D eigenvalue weighted by Crippen LogP contribution is 2.34. The van der Waals surface area contributed by atoms with Crippen molar-refractivity contribution < 1.29 is 19.1 Å². The molecule has 0 aliphatic carbocycles. The standard InChI is InChI=1S/C20H21N3O4/c1-14(22-23-19(24)10-7-15-5-3-2-4-6-15)11-20(25)21-16-8-9-17-18(12-16)27-13-26-17/h2-6,8-9,12H,7,10-11,13H2,1H3,(H,21,25)(H,23,24)/b22-14+. The topological polar surface area (TPSA) is 89.0 Å². The van der Waals surface area contributed by atoms with E-state index in [4.69, 9.17) is 9.47 Å². The maximum atomic E-state index is 12.1. The van der Waals surface area contributed by atoms with Crippen molar-refractivity contribution in [1.82, 2.24) is 5.43 Å². The van der Waals surface area contributed by atoms with Crippen LogP contribution in [0.5, 0.6) is 11.5 Å². The third-order valence-electron chi connectivity index (χ3n) is 3.93. The Hall–Kier alpha value is -3.35. The van der Waals surface area contributed by atoms with Crippen molar-refractivity contribution in [3.8, 4) is 11.5 Å². The van der Waals surface area contributed by atoms with Crippen LogP contribution in [-0.4, -0.2) is 24.3 Å². The zero-order valence-electron chi connectivity index (χ0n) is 15.0. The lowest BCUT2D eigenvalue weighted by molar-refractivity contribution is -0.121. The summed E-state index contributed by atoms with van der Waals surface area (Å²) in [5.41, 5.74) is 4.71. The maximum absolute atomic E-state index is 12.1. The van der Waals surface area contributed by atoms with Crippen molar-refractivity contribution in [3.63, 3.8) is 0 Å². The minimum Gasteiger partial charge on any atom is -0.454 e. The molecule has 2 amide bonds. The highest BCUT2D eigenvalue weighted by molar-refractivity contribution is 6.05. The average Bonchev–Trinajstić information content (AvgIpc) is 3.13. The van der Waals surface area contributed by atoms with Gasteiger partial charge in [-0.3, -0.25) is 9.59 Å². The number of ether oxygens (including phenoxy) is 2. The normalized spacial score (nSPS) is 12.6. The molecule has 0 bridgehead atoms. The molecule has 0 atom stereocenters. The molecular weight excluding hydrogens is 346 g/mol. The van der Waals surface area contributed by atoms with Crippen LogP contribution in [-0.2, 0) is 16.0 Å². The van der Waals surface area contributed by atoms with E-state index in [1.807, 2.05) is 30.3 Å². The number of carbonyl (C=O) groups excluding carboxylic acids is 2. The minimum atomic E-state index is -0.228. The molecule has 0 saturated heterocycles. The first-order valence-electron chi connectivity index (χ1n) is 8.65. The summed E-state index contributed by atoms with van der Waals surface area (Å²) in [6.45, 7) is 1.87. The number of hydrazone groups is 1. The number of anilines is 1. The zero-order chi connectivity index (χ0) is 19.1. The van der Waals surface area contributed by atoms with Gasteiger partial charge >= 0.3 is 0 Å². The monoisotopic (exact) mass is 367 g/mol. The minimum absolute atomic E-state index is 0.0768. The van der Waals surface area contributed by atoms with E-state index >= 15 is 0 Å². The van der Waals surface area contributed by atoms with E-state index in [1.165, 1.54) is 0 Å². The van der Waals surface area contributed by atoms with E-state index in [1.54, 1.807) is 25.1 Å². The van der Waals surface area contributed by atoms with Gasteiger partial charge in [0.15, 0.2) is 11.5 Å². The second-order valence-corrected chi connectivity index (χ2v) is 6.16. The first kappa shape index (κ1) is 18.4. The van der Waals surface area contributed by atoms with Gasteiger partial charge in [0.25, 0.3) is 0 Å². The fraction of sp³-hybridized carbons (Fsp3) is 0.250. The summed E-state index contributed by atoms with van der Waals surface area (Å²) < 4.78 is 10.5. The molecular formula is C20H21N3O4. The molecule has 1 heterocycles. The Morgan fingerprint density at radius 3 is 2.63 bits per heavy atom. The largest absolute Gasteiger partial charge is 0.454 e. The van der Waals surface area contributed by atoms with Gasteiger partial charge in [0.2, 0.25) is 18.6 Å². The van der Waals surface area contributed by atoms with Gasteiger partial charge in [-0.25, -0.2) is 5.43 Å². The first-order valence-corrected chi connectivity index (χ1v) is 8.65. The molecule has 27 heavy (non-hydrogen) atoms. The van der Waals surface area contributed by atoms with Gasteiger partial charge in [-0.15, -0.1) is 0 Å². The lowest BCUT2D eigenvalue weighted by Crippen LogP contribution is -2.21. The molecule has 3 rings (SSSR count). The van der Waals surface area contributed by atoms with Crippen LogP contribution in [0.25, 0.3) is 0 Å². The summed E-state index contributed by atoms with van der Waals surface area (Å²) in [4.78, 5) is 24.0. The Morgan fingerprint density at radius 1 is 1.04 bits per heavy atom. The van der Waals surface area contributed by atoms with Crippen LogP contribution in [0.1, 0.15) is 25.3 Å². The lowest BCUT2D eigenvalue weighted by Gasteiger charge is -2.06. The molecule has 0 aromatic heterocycles. The van der Waals surface area contributed by atoms with E-state index in [9.17, 15) is 9.59 Å². The predicted octanol–water partition coefficient (Wildman–Crippen LogP) is 2.87. The maximum Gasteiger partial charge on any atom is 0.240 e. The van der Waals surface area contributed by atoms with Crippen molar-refractivity contribution >= 4 is 23.2 Å². The second kappa shape index (κ2) is 8.84. The Morgan fingerprint density at radius 2 is 1.81 bits per heavy atom. The van der Waals surface area contributed by atoms with E-state index in [-0.39, 0.29) is 25.0 Å². The van der Waals surface area contributed by atoms with Crippen LogP contribution >= 0.6 is 0 Å². The molecule has 140 valence electrons. The van der Waals surface area contributed by atoms with Crippen LogP contribution in [0.3, 0.4) is 0 Å². The number of carbonyl (C=O) groups is 2. The lowest BCUT2D eigenvalue weighted by atomic mass is 10.1. The number of hydrogen-bond acceptors (Lipinski definition) is 5. The van der Waals surface area contributed by atoms with Gasteiger partial charge in [0.05, 0.1) is 6.42 Å². The van der Waals surface area contributed by atoms with Crippen LogP contribution in [0.4, 0.5) is 5.69 Å². The molecule has 2 N–H and O–H groups in total. The molecule has 7 nitrogen and oxygen atoms in total. The fourth-order valence-corrected chi connectivity index (χ4v) is 2.57. The van der Waals surface area contributed by atoms with Crippen LogP contribution in [0.2, 0.25) is 0 Å². The van der Waals surface area contributed by atoms with Crippen LogP contribution < -0.4 is 20.2 Å². The van der Waals surface area contributed by atoms with Crippen molar-refractivity contribution in [1.29, 1.82) is 0 Å². The van der Waals surface area contributed by atoms with Gasteiger partial charge < -0.3 is 14.8 Å². The number of aryl methyl sites for hydroxylation is 1. The van der Waals surface area contributed by atoms with E-state index in [0.29, 0.717) is 35.7 Å². The number of amides is 2. The summed E-state index contributed by atoms with van der Waals surface area (Å²) in [5.74, 6) is 0.843. The van der Waals surface area contributed by atoms with Crippen LogP contribution in [0, 0.1) is 0 Å².